The highest BCUT2D eigenvalue weighted by atomic mass is 32.2. The van der Waals surface area contributed by atoms with Crippen LogP contribution in [-0.4, -0.2) is 40.0 Å². The first-order valence-corrected chi connectivity index (χ1v) is 8.94. The van der Waals surface area contributed by atoms with Gasteiger partial charge in [-0.05, 0) is 25.7 Å². The van der Waals surface area contributed by atoms with Gasteiger partial charge < -0.3 is 9.47 Å². The van der Waals surface area contributed by atoms with Gasteiger partial charge in [-0.25, -0.2) is 0 Å². The van der Waals surface area contributed by atoms with Gasteiger partial charge in [0, 0.05) is 27.9 Å². The highest BCUT2D eigenvalue weighted by Gasteiger charge is 2.41. The lowest BCUT2D eigenvalue weighted by Crippen LogP contribution is -2.45. The van der Waals surface area contributed by atoms with Gasteiger partial charge in [-0.1, -0.05) is 26.2 Å². The zero-order valence-electron chi connectivity index (χ0n) is 12.6. The number of hydrogen-bond donors (Lipinski definition) is 0. The van der Waals surface area contributed by atoms with Gasteiger partial charge in [-0.2, -0.15) is 0 Å². The summed E-state index contributed by atoms with van der Waals surface area (Å²) in [6, 6.07) is 0. The van der Waals surface area contributed by atoms with Gasteiger partial charge in [-0.15, -0.1) is 0 Å². The summed E-state index contributed by atoms with van der Waals surface area (Å²) in [4.78, 5) is 11.3. The van der Waals surface area contributed by atoms with E-state index in [0.29, 0.717) is 6.61 Å². The first-order valence-electron chi connectivity index (χ1n) is 7.66. The van der Waals surface area contributed by atoms with E-state index in [1.807, 2.05) is 6.92 Å². The van der Waals surface area contributed by atoms with Crippen molar-refractivity contribution in [1.82, 2.24) is 0 Å². The number of ether oxygens (including phenoxy) is 2. The van der Waals surface area contributed by atoms with Crippen LogP contribution in [0.3, 0.4) is 0 Å². The largest absolute Gasteiger partial charge is 0.469 e. The molecule has 0 bridgehead atoms. The lowest BCUT2D eigenvalue weighted by molar-refractivity contribution is -0.140. The molecule has 0 amide bonds. The van der Waals surface area contributed by atoms with E-state index in [4.69, 9.17) is 4.74 Å². The number of rotatable bonds is 4. The van der Waals surface area contributed by atoms with Crippen molar-refractivity contribution in [2.45, 2.75) is 74.4 Å². The van der Waals surface area contributed by atoms with Crippen LogP contribution in [0, 0.1) is 0 Å². The summed E-state index contributed by atoms with van der Waals surface area (Å²) in [6.45, 7) is 2.59. The standard InChI is InChI=1S/C15H26O4S/c1-12(10-14(16)18-2)20(17)13-6-9-19-15(11-13)7-4-3-5-8-15/h12-13H,3-11H2,1-2H3. The van der Waals surface area contributed by atoms with Crippen LogP contribution in [0.2, 0.25) is 0 Å². The molecule has 0 radical (unpaired) electrons. The van der Waals surface area contributed by atoms with Gasteiger partial charge in [0.05, 0.1) is 19.1 Å². The van der Waals surface area contributed by atoms with E-state index in [1.54, 1.807) is 0 Å². The molecule has 0 aromatic carbocycles. The summed E-state index contributed by atoms with van der Waals surface area (Å²) in [6.07, 6.45) is 7.92. The minimum absolute atomic E-state index is 0.0260. The van der Waals surface area contributed by atoms with Gasteiger partial charge in [0.1, 0.15) is 0 Å². The molecule has 1 spiro atoms. The van der Waals surface area contributed by atoms with Gasteiger partial charge in [0.2, 0.25) is 0 Å². The maximum absolute atomic E-state index is 12.6. The Morgan fingerprint density at radius 2 is 2.10 bits per heavy atom. The Labute approximate surface area is 124 Å². The van der Waals surface area contributed by atoms with Crippen LogP contribution >= 0.6 is 0 Å². The number of methoxy groups -OCH3 is 1. The minimum Gasteiger partial charge on any atom is -0.469 e. The second-order valence-electron chi connectivity index (χ2n) is 6.13. The third-order valence-electron chi connectivity index (χ3n) is 4.62. The summed E-state index contributed by atoms with van der Waals surface area (Å²) in [5.74, 6) is -0.273. The first kappa shape index (κ1) is 16.0. The van der Waals surface area contributed by atoms with E-state index in [-0.39, 0.29) is 28.5 Å². The fourth-order valence-corrected chi connectivity index (χ4v) is 5.21. The molecule has 3 atom stereocenters. The van der Waals surface area contributed by atoms with Crippen molar-refractivity contribution in [2.75, 3.05) is 13.7 Å². The summed E-state index contributed by atoms with van der Waals surface area (Å²) in [5, 5.41) is 0.0349. The third-order valence-corrected chi connectivity index (χ3v) is 6.64. The van der Waals surface area contributed by atoms with Gasteiger partial charge in [-0.3, -0.25) is 9.00 Å². The fraction of sp³-hybridized carbons (Fsp3) is 0.933. The van der Waals surface area contributed by atoms with E-state index < -0.39 is 10.8 Å². The molecule has 2 fully saturated rings. The van der Waals surface area contributed by atoms with E-state index in [0.717, 1.165) is 25.7 Å². The van der Waals surface area contributed by atoms with Crippen LogP contribution in [0.25, 0.3) is 0 Å². The maximum atomic E-state index is 12.6. The molecule has 1 aliphatic carbocycles. The molecule has 20 heavy (non-hydrogen) atoms. The molecule has 1 aliphatic heterocycles. The highest BCUT2D eigenvalue weighted by Crippen LogP contribution is 2.40. The van der Waals surface area contributed by atoms with Gasteiger partial charge >= 0.3 is 5.97 Å². The number of hydrogen-bond acceptors (Lipinski definition) is 4. The lowest BCUT2D eigenvalue weighted by atomic mass is 9.80. The van der Waals surface area contributed by atoms with E-state index in [9.17, 15) is 9.00 Å². The molecular weight excluding hydrogens is 276 g/mol. The normalized spacial score (nSPS) is 28.8. The van der Waals surface area contributed by atoms with Crippen LogP contribution in [0.15, 0.2) is 0 Å². The van der Waals surface area contributed by atoms with Crippen LogP contribution in [0.1, 0.15) is 58.3 Å². The molecule has 0 aromatic heterocycles. The molecule has 1 saturated heterocycles. The second kappa shape index (κ2) is 7.03. The highest BCUT2D eigenvalue weighted by molar-refractivity contribution is 7.86. The minimum atomic E-state index is -0.982. The monoisotopic (exact) mass is 302 g/mol. The van der Waals surface area contributed by atoms with E-state index >= 15 is 0 Å². The van der Waals surface area contributed by atoms with Crippen LogP contribution < -0.4 is 0 Å². The zero-order valence-corrected chi connectivity index (χ0v) is 13.4. The van der Waals surface area contributed by atoms with Gasteiger partial charge in [0.15, 0.2) is 0 Å². The van der Waals surface area contributed by atoms with E-state index in [1.165, 1.54) is 26.4 Å². The number of carbonyl (C=O) groups excluding carboxylic acids is 1. The molecule has 2 rings (SSSR count). The maximum Gasteiger partial charge on any atom is 0.306 e. The van der Waals surface area contributed by atoms with Crippen molar-refractivity contribution in [3.05, 3.63) is 0 Å². The first-order chi connectivity index (χ1) is 9.56. The Balaban J connectivity index is 1.94. The second-order valence-corrected chi connectivity index (χ2v) is 8.25. The SMILES string of the molecule is COC(=O)CC(C)S(=O)C1CCOC2(CCCCC2)C1. The molecule has 0 aromatic rings. The lowest BCUT2D eigenvalue weighted by Gasteiger charge is -2.43. The zero-order chi connectivity index (χ0) is 14.6. The topological polar surface area (TPSA) is 52.6 Å². The smallest absolute Gasteiger partial charge is 0.306 e. The summed E-state index contributed by atoms with van der Waals surface area (Å²) < 4.78 is 23.3. The van der Waals surface area contributed by atoms with Crippen molar-refractivity contribution in [3.8, 4) is 0 Å². The van der Waals surface area contributed by atoms with Crippen LogP contribution in [-0.2, 0) is 25.1 Å². The molecular formula is C15H26O4S. The Kier molecular flexibility index (Phi) is 5.61. The molecule has 2 aliphatic rings. The molecule has 5 heteroatoms. The molecule has 116 valence electrons. The fourth-order valence-electron chi connectivity index (χ4n) is 3.45. The van der Waals surface area contributed by atoms with Crippen LogP contribution in [0.4, 0.5) is 0 Å². The Morgan fingerprint density at radius 3 is 2.75 bits per heavy atom. The Hall–Kier alpha value is -0.420. The molecule has 3 unspecified atom stereocenters. The van der Waals surface area contributed by atoms with Crippen molar-refractivity contribution in [1.29, 1.82) is 0 Å². The van der Waals surface area contributed by atoms with Crippen molar-refractivity contribution < 1.29 is 18.5 Å². The summed E-state index contributed by atoms with van der Waals surface area (Å²) in [5.41, 5.74) is -0.0260. The molecule has 1 heterocycles. The number of esters is 1. The quantitative estimate of drug-likeness (QED) is 0.749. The van der Waals surface area contributed by atoms with Crippen molar-refractivity contribution in [2.24, 2.45) is 0 Å². The average Bonchev–Trinajstić information content (AvgIpc) is 2.47. The third kappa shape index (κ3) is 3.82. The molecule has 0 N–H and O–H groups in total. The van der Waals surface area contributed by atoms with E-state index in [2.05, 4.69) is 4.74 Å². The summed E-state index contributed by atoms with van der Waals surface area (Å²) >= 11 is 0. The summed E-state index contributed by atoms with van der Waals surface area (Å²) in [7, 11) is 0.396. The molecule has 4 nitrogen and oxygen atoms in total. The van der Waals surface area contributed by atoms with Crippen LogP contribution in [0.5, 0.6) is 0 Å². The Morgan fingerprint density at radius 1 is 1.40 bits per heavy atom. The number of carbonyl (C=O) groups is 1. The Bertz CT molecular complexity index is 357. The van der Waals surface area contributed by atoms with Crippen molar-refractivity contribution >= 4 is 16.8 Å². The van der Waals surface area contributed by atoms with Crippen molar-refractivity contribution in [3.63, 3.8) is 0 Å². The molecule has 1 saturated carbocycles. The van der Waals surface area contributed by atoms with Gasteiger partial charge in [0.25, 0.3) is 0 Å². The predicted molar refractivity (Wildman–Crippen MR) is 79.0 cm³/mol. The average molecular weight is 302 g/mol. The predicted octanol–water partition coefficient (Wildman–Crippen LogP) is 2.57.